The van der Waals surface area contributed by atoms with Crippen LogP contribution < -0.4 is 5.73 Å². The molecule has 0 bridgehead atoms. The summed E-state index contributed by atoms with van der Waals surface area (Å²) in [5, 5.41) is 0.588. The number of imidazole rings is 1. The van der Waals surface area contributed by atoms with Crippen molar-refractivity contribution in [2.75, 3.05) is 18.6 Å². The maximum absolute atomic E-state index is 11.0. The zero-order chi connectivity index (χ0) is 11.5. The molecule has 0 atom stereocenters. The number of rotatable bonds is 3. The number of anilines is 1. The average Bonchev–Trinajstić information content (AvgIpc) is 2.73. The molecule has 0 aliphatic heterocycles. The fourth-order valence-electron chi connectivity index (χ4n) is 1.11. The molecule has 0 aliphatic rings. The number of fused-ring (bicyclic) bond motifs is 1. The number of nitrogen functional groups attached to an aromatic ring is 1. The monoisotopic (exact) mass is 239 g/mol. The van der Waals surface area contributed by atoms with Crippen LogP contribution in [0.3, 0.4) is 0 Å². The standard InChI is InChI=1S/C8H9N5O2S/c1-15-4(14)2-16-7-5-6(11-3-10-5)12-8(9)13-7/h3H,2H2,1H3,(H3,9,10,11,12,13). The molecule has 8 heteroatoms. The zero-order valence-corrected chi connectivity index (χ0v) is 9.24. The molecule has 2 rings (SSSR count). The fourth-order valence-corrected chi connectivity index (χ4v) is 1.94. The summed E-state index contributed by atoms with van der Waals surface area (Å²) < 4.78 is 4.54. The number of methoxy groups -OCH3 is 1. The Kier molecular flexibility index (Phi) is 2.91. The van der Waals surface area contributed by atoms with E-state index in [4.69, 9.17) is 5.73 Å². The van der Waals surface area contributed by atoms with E-state index in [0.29, 0.717) is 16.2 Å². The predicted molar refractivity (Wildman–Crippen MR) is 58.8 cm³/mol. The molecule has 16 heavy (non-hydrogen) atoms. The fraction of sp³-hybridized carbons (Fsp3) is 0.250. The number of carbonyl (C=O) groups is 1. The normalized spacial score (nSPS) is 10.6. The molecule has 2 aromatic heterocycles. The highest BCUT2D eigenvalue weighted by Crippen LogP contribution is 2.23. The van der Waals surface area contributed by atoms with Gasteiger partial charge in [0, 0.05) is 0 Å². The number of thioether (sulfide) groups is 1. The van der Waals surface area contributed by atoms with Gasteiger partial charge >= 0.3 is 5.97 Å². The van der Waals surface area contributed by atoms with Crippen LogP contribution in [0.2, 0.25) is 0 Å². The van der Waals surface area contributed by atoms with Crippen LogP contribution in [0.4, 0.5) is 5.95 Å². The average molecular weight is 239 g/mol. The third kappa shape index (κ3) is 2.06. The number of aromatic amines is 1. The highest BCUT2D eigenvalue weighted by Gasteiger charge is 2.11. The minimum Gasteiger partial charge on any atom is -0.468 e. The van der Waals surface area contributed by atoms with Crippen molar-refractivity contribution in [1.82, 2.24) is 19.9 Å². The van der Waals surface area contributed by atoms with Crippen molar-refractivity contribution in [2.24, 2.45) is 0 Å². The Hall–Kier alpha value is -1.83. The van der Waals surface area contributed by atoms with E-state index < -0.39 is 0 Å². The summed E-state index contributed by atoms with van der Waals surface area (Å²) in [5.41, 5.74) is 6.67. The Bertz CT molecular complexity index is 526. The Morgan fingerprint density at radius 1 is 1.62 bits per heavy atom. The van der Waals surface area contributed by atoms with Gasteiger partial charge in [-0.1, -0.05) is 11.8 Å². The molecule has 0 saturated heterocycles. The number of nitrogens with one attached hydrogen (secondary N) is 1. The molecule has 0 aliphatic carbocycles. The van der Waals surface area contributed by atoms with Gasteiger partial charge in [-0.15, -0.1) is 0 Å². The molecule has 0 saturated carbocycles. The van der Waals surface area contributed by atoms with Crippen LogP contribution in [0.25, 0.3) is 11.2 Å². The lowest BCUT2D eigenvalue weighted by Gasteiger charge is -2.01. The van der Waals surface area contributed by atoms with Gasteiger partial charge < -0.3 is 15.5 Å². The second-order valence-corrected chi connectivity index (χ2v) is 3.82. The van der Waals surface area contributed by atoms with Crippen molar-refractivity contribution in [3.05, 3.63) is 6.33 Å². The number of nitrogens with two attached hydrogens (primary N) is 1. The van der Waals surface area contributed by atoms with Gasteiger partial charge in [0.15, 0.2) is 5.65 Å². The summed E-state index contributed by atoms with van der Waals surface area (Å²) in [6.07, 6.45) is 1.50. The number of carbonyl (C=O) groups excluding carboxylic acids is 1. The minimum atomic E-state index is -0.324. The lowest BCUT2D eigenvalue weighted by Crippen LogP contribution is -2.04. The van der Waals surface area contributed by atoms with Crippen LogP contribution in [0, 0.1) is 0 Å². The number of hydrogen-bond acceptors (Lipinski definition) is 7. The zero-order valence-electron chi connectivity index (χ0n) is 8.43. The third-order valence-corrected chi connectivity index (χ3v) is 2.77. The number of hydrogen-bond donors (Lipinski definition) is 2. The lowest BCUT2D eigenvalue weighted by atomic mass is 10.5. The van der Waals surface area contributed by atoms with E-state index in [1.54, 1.807) is 0 Å². The second-order valence-electron chi connectivity index (χ2n) is 2.85. The summed E-state index contributed by atoms with van der Waals surface area (Å²) in [6.45, 7) is 0. The highest BCUT2D eigenvalue weighted by atomic mass is 32.2. The first-order chi connectivity index (χ1) is 7.70. The maximum Gasteiger partial charge on any atom is 0.316 e. The first-order valence-corrected chi connectivity index (χ1v) is 5.35. The van der Waals surface area contributed by atoms with Crippen molar-refractivity contribution >= 4 is 34.8 Å². The molecule has 84 valence electrons. The molecule has 0 amide bonds. The molecule has 7 nitrogen and oxygen atoms in total. The van der Waals surface area contributed by atoms with E-state index >= 15 is 0 Å². The van der Waals surface area contributed by atoms with Gasteiger partial charge in [-0.25, -0.2) is 9.97 Å². The van der Waals surface area contributed by atoms with Gasteiger partial charge in [-0.05, 0) is 0 Å². The lowest BCUT2D eigenvalue weighted by molar-refractivity contribution is -0.137. The molecule has 3 N–H and O–H groups in total. The first kappa shape index (κ1) is 10.7. The van der Waals surface area contributed by atoms with Crippen molar-refractivity contribution in [3.63, 3.8) is 0 Å². The van der Waals surface area contributed by atoms with Crippen LogP contribution in [0.1, 0.15) is 0 Å². The van der Waals surface area contributed by atoms with Crippen molar-refractivity contribution in [3.8, 4) is 0 Å². The molecular formula is C8H9N5O2S. The Morgan fingerprint density at radius 3 is 3.19 bits per heavy atom. The second kappa shape index (κ2) is 4.35. The molecule has 0 aromatic carbocycles. The number of esters is 1. The van der Waals surface area contributed by atoms with E-state index in [2.05, 4.69) is 24.7 Å². The topological polar surface area (TPSA) is 107 Å². The summed E-state index contributed by atoms with van der Waals surface area (Å²) in [6, 6.07) is 0. The highest BCUT2D eigenvalue weighted by molar-refractivity contribution is 8.00. The van der Waals surface area contributed by atoms with Gasteiger partial charge in [0.25, 0.3) is 0 Å². The Balaban J connectivity index is 2.28. The van der Waals surface area contributed by atoms with E-state index in [-0.39, 0.29) is 17.7 Å². The van der Waals surface area contributed by atoms with E-state index in [0.717, 1.165) is 0 Å². The predicted octanol–water partition coefficient (Wildman–Crippen LogP) is 0.200. The number of nitrogens with zero attached hydrogens (tertiary/aromatic N) is 3. The smallest absolute Gasteiger partial charge is 0.316 e. The Labute approximate surface area is 94.8 Å². The van der Waals surface area contributed by atoms with Crippen molar-refractivity contribution in [2.45, 2.75) is 5.03 Å². The maximum atomic E-state index is 11.0. The molecule has 2 aromatic rings. The van der Waals surface area contributed by atoms with Gasteiger partial charge in [0.2, 0.25) is 5.95 Å². The van der Waals surface area contributed by atoms with Gasteiger partial charge in [-0.2, -0.15) is 4.98 Å². The number of ether oxygens (including phenoxy) is 1. The molecule has 0 spiro atoms. The number of aromatic nitrogens is 4. The van der Waals surface area contributed by atoms with E-state index in [9.17, 15) is 4.79 Å². The van der Waals surface area contributed by atoms with Crippen LogP contribution in [-0.4, -0.2) is 38.8 Å². The molecular weight excluding hydrogens is 230 g/mol. The molecule has 0 unspecified atom stereocenters. The van der Waals surface area contributed by atoms with Crippen LogP contribution in [-0.2, 0) is 9.53 Å². The third-order valence-electron chi connectivity index (χ3n) is 1.82. The summed E-state index contributed by atoms with van der Waals surface area (Å²) in [5.74, 6) is -0.0250. The molecule has 0 radical (unpaired) electrons. The quantitative estimate of drug-likeness (QED) is 0.447. The summed E-state index contributed by atoms with van der Waals surface area (Å²) >= 11 is 1.22. The first-order valence-electron chi connectivity index (χ1n) is 4.37. The van der Waals surface area contributed by atoms with Gasteiger partial charge in [0.1, 0.15) is 10.5 Å². The van der Waals surface area contributed by atoms with Crippen molar-refractivity contribution < 1.29 is 9.53 Å². The van der Waals surface area contributed by atoms with Gasteiger partial charge in [-0.3, -0.25) is 4.79 Å². The molecule has 0 fully saturated rings. The van der Waals surface area contributed by atoms with Crippen LogP contribution in [0.15, 0.2) is 11.4 Å². The molecule has 2 heterocycles. The van der Waals surface area contributed by atoms with E-state index in [1.165, 1.54) is 25.2 Å². The minimum absolute atomic E-state index is 0.131. The summed E-state index contributed by atoms with van der Waals surface area (Å²) in [7, 11) is 1.34. The van der Waals surface area contributed by atoms with Crippen LogP contribution in [0.5, 0.6) is 0 Å². The number of H-pyrrole nitrogens is 1. The van der Waals surface area contributed by atoms with E-state index in [1.807, 2.05) is 0 Å². The largest absolute Gasteiger partial charge is 0.468 e. The Morgan fingerprint density at radius 2 is 2.44 bits per heavy atom. The SMILES string of the molecule is COC(=O)CSc1nc(N)nc2nc[nH]c12. The van der Waals surface area contributed by atoms with Crippen LogP contribution >= 0.6 is 11.8 Å². The van der Waals surface area contributed by atoms with Crippen molar-refractivity contribution in [1.29, 1.82) is 0 Å². The van der Waals surface area contributed by atoms with Gasteiger partial charge in [0.05, 0.1) is 19.2 Å². The summed E-state index contributed by atoms with van der Waals surface area (Å²) in [4.78, 5) is 25.8.